The number of rotatable bonds is 4. The van der Waals surface area contributed by atoms with Crippen molar-refractivity contribution in [1.29, 1.82) is 0 Å². The second kappa shape index (κ2) is 3.37. The summed E-state index contributed by atoms with van der Waals surface area (Å²) in [4.78, 5) is 11.8. The van der Waals surface area contributed by atoms with E-state index in [4.69, 9.17) is 4.74 Å². The number of carbonyl (C=O) groups is 1. The van der Waals surface area contributed by atoms with Crippen LogP contribution in [-0.4, -0.2) is 11.9 Å². The van der Waals surface area contributed by atoms with E-state index in [-0.39, 0.29) is 5.78 Å². The maximum Gasteiger partial charge on any atom is 0.166 e. The van der Waals surface area contributed by atoms with Crippen LogP contribution in [0.5, 0.6) is 5.75 Å². The highest BCUT2D eigenvalue weighted by atomic mass is 16.5. The van der Waals surface area contributed by atoms with E-state index < -0.39 is 0 Å². The van der Waals surface area contributed by atoms with Crippen molar-refractivity contribution in [3.05, 3.63) is 29.8 Å². The number of Topliss-reactive ketones (excluding diaryl/α,β-unsaturated/α-hetero) is 1. The smallest absolute Gasteiger partial charge is 0.166 e. The average molecular weight is 202 g/mol. The lowest BCUT2D eigenvalue weighted by atomic mass is 10.1. The molecule has 0 bridgehead atoms. The number of hydrogen-bond acceptors (Lipinski definition) is 2. The molecule has 2 fully saturated rings. The summed E-state index contributed by atoms with van der Waals surface area (Å²) in [6.07, 6.45) is 4.83. The average Bonchev–Trinajstić information content (AvgIpc) is 3.10. The van der Waals surface area contributed by atoms with Gasteiger partial charge in [0.2, 0.25) is 0 Å². The van der Waals surface area contributed by atoms with Gasteiger partial charge in [0.25, 0.3) is 0 Å². The van der Waals surface area contributed by atoms with Crippen LogP contribution in [-0.2, 0) is 0 Å². The van der Waals surface area contributed by atoms with E-state index in [1.165, 1.54) is 0 Å². The highest BCUT2D eigenvalue weighted by Crippen LogP contribution is 2.34. The molecule has 2 aliphatic carbocycles. The Labute approximate surface area is 89.2 Å². The molecular formula is C13H14O2. The maximum absolute atomic E-state index is 11.8. The monoisotopic (exact) mass is 202 g/mol. The van der Waals surface area contributed by atoms with Gasteiger partial charge < -0.3 is 4.74 Å². The van der Waals surface area contributed by atoms with E-state index in [2.05, 4.69) is 0 Å². The van der Waals surface area contributed by atoms with Crippen molar-refractivity contribution in [2.45, 2.75) is 31.8 Å². The van der Waals surface area contributed by atoms with E-state index in [0.717, 1.165) is 37.0 Å². The third-order valence-corrected chi connectivity index (χ3v) is 2.89. The molecule has 2 heteroatoms. The highest BCUT2D eigenvalue weighted by Gasteiger charge is 2.30. The number of ether oxygens (including phenoxy) is 1. The van der Waals surface area contributed by atoms with Gasteiger partial charge in [0, 0.05) is 11.5 Å². The first-order valence-electron chi connectivity index (χ1n) is 5.64. The van der Waals surface area contributed by atoms with Crippen molar-refractivity contribution < 1.29 is 9.53 Å². The zero-order valence-electron chi connectivity index (χ0n) is 8.61. The van der Waals surface area contributed by atoms with Crippen LogP contribution in [0.25, 0.3) is 0 Å². The molecule has 2 saturated carbocycles. The van der Waals surface area contributed by atoms with Crippen LogP contribution in [0.2, 0.25) is 0 Å². The third kappa shape index (κ3) is 2.04. The van der Waals surface area contributed by atoms with Gasteiger partial charge in [-0.1, -0.05) is 12.1 Å². The van der Waals surface area contributed by atoms with Crippen LogP contribution >= 0.6 is 0 Å². The lowest BCUT2D eigenvalue weighted by Crippen LogP contribution is -2.02. The van der Waals surface area contributed by atoms with Gasteiger partial charge in [-0.3, -0.25) is 4.79 Å². The van der Waals surface area contributed by atoms with Crippen molar-refractivity contribution in [2.24, 2.45) is 5.92 Å². The molecular weight excluding hydrogens is 188 g/mol. The molecule has 0 unspecified atom stereocenters. The largest absolute Gasteiger partial charge is 0.490 e. The first-order chi connectivity index (χ1) is 7.33. The molecule has 0 spiro atoms. The fourth-order valence-corrected chi connectivity index (χ4v) is 1.68. The predicted molar refractivity (Wildman–Crippen MR) is 57.1 cm³/mol. The lowest BCUT2D eigenvalue weighted by molar-refractivity contribution is 0.0967. The Bertz CT molecular complexity index is 389. The summed E-state index contributed by atoms with van der Waals surface area (Å²) in [5.74, 6) is 1.43. The number of ketones is 1. The number of benzene rings is 1. The lowest BCUT2D eigenvalue weighted by Gasteiger charge is -2.05. The summed E-state index contributed by atoms with van der Waals surface area (Å²) >= 11 is 0. The zero-order chi connectivity index (χ0) is 10.3. The minimum Gasteiger partial charge on any atom is -0.490 e. The van der Waals surface area contributed by atoms with Gasteiger partial charge in [-0.25, -0.2) is 0 Å². The molecule has 0 atom stereocenters. The quantitative estimate of drug-likeness (QED) is 0.702. The van der Waals surface area contributed by atoms with E-state index in [9.17, 15) is 4.79 Å². The van der Waals surface area contributed by atoms with Gasteiger partial charge in [-0.05, 0) is 37.8 Å². The second-order valence-electron chi connectivity index (χ2n) is 4.48. The Balaban J connectivity index is 1.78. The minimum absolute atomic E-state index is 0.288. The van der Waals surface area contributed by atoms with Gasteiger partial charge in [-0.15, -0.1) is 0 Å². The normalized spacial score (nSPS) is 20.0. The molecule has 0 heterocycles. The number of carbonyl (C=O) groups excluding carboxylic acids is 1. The first-order valence-corrected chi connectivity index (χ1v) is 5.64. The fourth-order valence-electron chi connectivity index (χ4n) is 1.68. The zero-order valence-corrected chi connectivity index (χ0v) is 8.61. The van der Waals surface area contributed by atoms with Crippen molar-refractivity contribution in [2.75, 3.05) is 0 Å². The Hall–Kier alpha value is -1.31. The third-order valence-electron chi connectivity index (χ3n) is 2.89. The van der Waals surface area contributed by atoms with Gasteiger partial charge in [0.05, 0.1) is 6.10 Å². The molecule has 0 saturated heterocycles. The number of hydrogen-bond donors (Lipinski definition) is 0. The molecule has 15 heavy (non-hydrogen) atoms. The maximum atomic E-state index is 11.8. The molecule has 1 aromatic carbocycles. The van der Waals surface area contributed by atoms with E-state index >= 15 is 0 Å². The fraction of sp³-hybridized carbons (Fsp3) is 0.462. The van der Waals surface area contributed by atoms with Gasteiger partial charge in [0.1, 0.15) is 5.75 Å². The molecule has 0 N–H and O–H groups in total. The van der Waals surface area contributed by atoms with Gasteiger partial charge >= 0.3 is 0 Å². The van der Waals surface area contributed by atoms with E-state index in [0.29, 0.717) is 12.0 Å². The van der Waals surface area contributed by atoms with E-state index in [1.54, 1.807) is 0 Å². The molecule has 78 valence electrons. The van der Waals surface area contributed by atoms with Gasteiger partial charge in [-0.2, -0.15) is 0 Å². The van der Waals surface area contributed by atoms with Crippen LogP contribution in [0.3, 0.4) is 0 Å². The summed E-state index contributed by atoms with van der Waals surface area (Å²) in [6, 6.07) is 7.62. The standard InChI is InChI=1S/C13H14O2/c14-13(9-4-5-9)10-2-1-3-12(8-10)15-11-6-7-11/h1-3,8-9,11H,4-7H2. The van der Waals surface area contributed by atoms with Crippen molar-refractivity contribution in [1.82, 2.24) is 0 Å². The molecule has 0 aromatic heterocycles. The molecule has 0 amide bonds. The topological polar surface area (TPSA) is 26.3 Å². The van der Waals surface area contributed by atoms with Crippen LogP contribution in [0.15, 0.2) is 24.3 Å². The summed E-state index contributed by atoms with van der Waals surface area (Å²) in [5, 5.41) is 0. The summed E-state index contributed by atoms with van der Waals surface area (Å²) < 4.78 is 5.66. The van der Waals surface area contributed by atoms with Crippen LogP contribution in [0, 0.1) is 5.92 Å². The Kier molecular flexibility index (Phi) is 2.01. The van der Waals surface area contributed by atoms with Crippen molar-refractivity contribution in [3.8, 4) is 5.75 Å². The van der Waals surface area contributed by atoms with Crippen LogP contribution in [0.4, 0.5) is 0 Å². The summed E-state index contributed by atoms with van der Waals surface area (Å²) in [5.41, 5.74) is 0.815. The molecule has 0 aliphatic heterocycles. The summed E-state index contributed by atoms with van der Waals surface area (Å²) in [7, 11) is 0. The minimum atomic E-state index is 0.288. The van der Waals surface area contributed by atoms with Crippen molar-refractivity contribution in [3.63, 3.8) is 0 Å². The predicted octanol–water partition coefficient (Wildman–Crippen LogP) is 2.82. The first kappa shape index (κ1) is 8.96. The highest BCUT2D eigenvalue weighted by molar-refractivity contribution is 5.99. The van der Waals surface area contributed by atoms with Crippen LogP contribution < -0.4 is 4.74 Å². The molecule has 0 radical (unpaired) electrons. The Morgan fingerprint density at radius 2 is 2.00 bits per heavy atom. The second-order valence-corrected chi connectivity index (χ2v) is 4.48. The van der Waals surface area contributed by atoms with Crippen molar-refractivity contribution >= 4 is 5.78 Å². The Morgan fingerprint density at radius 1 is 1.20 bits per heavy atom. The van der Waals surface area contributed by atoms with E-state index in [1.807, 2.05) is 24.3 Å². The molecule has 3 rings (SSSR count). The van der Waals surface area contributed by atoms with Crippen LogP contribution in [0.1, 0.15) is 36.0 Å². The summed E-state index contributed by atoms with van der Waals surface area (Å²) in [6.45, 7) is 0. The SMILES string of the molecule is O=C(c1cccc(OC2CC2)c1)C1CC1. The molecule has 2 aliphatic rings. The van der Waals surface area contributed by atoms with Gasteiger partial charge in [0.15, 0.2) is 5.78 Å². The molecule has 1 aromatic rings. The Morgan fingerprint density at radius 3 is 2.67 bits per heavy atom. The molecule has 2 nitrogen and oxygen atoms in total.